The third-order valence-electron chi connectivity index (χ3n) is 2.74. The Labute approximate surface area is 108 Å². The van der Waals surface area contributed by atoms with E-state index in [0.29, 0.717) is 6.61 Å². The summed E-state index contributed by atoms with van der Waals surface area (Å²) in [5, 5.41) is 0. The molecular weight excluding hydrogens is 224 g/mol. The summed E-state index contributed by atoms with van der Waals surface area (Å²) in [6.45, 7) is 1.45. The van der Waals surface area contributed by atoms with E-state index in [0.717, 1.165) is 30.8 Å². The fourth-order valence-corrected chi connectivity index (χ4v) is 1.70. The number of nitrogens with two attached hydrogens (primary N) is 1. The number of rotatable bonds is 6. The average Bonchev–Trinajstić information content (AvgIpc) is 2.42. The van der Waals surface area contributed by atoms with Crippen molar-refractivity contribution in [2.75, 3.05) is 18.9 Å². The van der Waals surface area contributed by atoms with E-state index in [4.69, 9.17) is 10.5 Å². The molecule has 3 heteroatoms. The molecule has 2 N–H and O–H groups in total. The SMILES string of the molecule is Nc1ccc(CCOCCc2ccccn2)cc1. The first-order valence-electron chi connectivity index (χ1n) is 6.16. The standard InChI is InChI=1S/C15H18N2O/c16-14-6-4-13(5-7-14)8-11-18-12-9-15-3-1-2-10-17-15/h1-7,10H,8-9,11-12,16H2. The number of nitrogens with zero attached hydrogens (tertiary/aromatic N) is 1. The molecule has 3 nitrogen and oxygen atoms in total. The lowest BCUT2D eigenvalue weighted by atomic mass is 10.1. The lowest BCUT2D eigenvalue weighted by molar-refractivity contribution is 0.139. The first-order chi connectivity index (χ1) is 8.84. The minimum atomic E-state index is 0.714. The molecule has 0 aliphatic heterocycles. The molecule has 0 saturated carbocycles. The highest BCUT2D eigenvalue weighted by atomic mass is 16.5. The Morgan fingerprint density at radius 3 is 2.44 bits per heavy atom. The van der Waals surface area contributed by atoms with E-state index in [9.17, 15) is 0 Å². The molecule has 0 spiro atoms. The smallest absolute Gasteiger partial charge is 0.0521 e. The van der Waals surface area contributed by atoms with E-state index < -0.39 is 0 Å². The summed E-state index contributed by atoms with van der Waals surface area (Å²) in [6, 6.07) is 13.9. The Bertz CT molecular complexity index is 454. The highest BCUT2D eigenvalue weighted by molar-refractivity contribution is 5.39. The fraction of sp³-hybridized carbons (Fsp3) is 0.267. The van der Waals surface area contributed by atoms with Gasteiger partial charge in [-0.05, 0) is 36.2 Å². The molecule has 2 aromatic rings. The Morgan fingerprint density at radius 2 is 1.72 bits per heavy atom. The normalized spacial score (nSPS) is 10.4. The molecule has 0 aliphatic rings. The van der Waals surface area contributed by atoms with Gasteiger partial charge in [0, 0.05) is 24.0 Å². The predicted octanol–water partition coefficient (Wildman–Crippen LogP) is 2.47. The van der Waals surface area contributed by atoms with Crippen LogP contribution in [0, 0.1) is 0 Å². The van der Waals surface area contributed by atoms with Crippen LogP contribution in [-0.2, 0) is 17.6 Å². The van der Waals surface area contributed by atoms with Gasteiger partial charge >= 0.3 is 0 Å². The number of aromatic nitrogens is 1. The van der Waals surface area contributed by atoms with Crippen LogP contribution in [0.25, 0.3) is 0 Å². The number of ether oxygens (including phenoxy) is 1. The number of hydrogen-bond acceptors (Lipinski definition) is 3. The molecule has 1 aromatic carbocycles. The van der Waals surface area contributed by atoms with Crippen molar-refractivity contribution in [1.29, 1.82) is 0 Å². The number of benzene rings is 1. The van der Waals surface area contributed by atoms with Crippen LogP contribution < -0.4 is 5.73 Å². The Kier molecular flexibility index (Phi) is 4.73. The molecule has 0 fully saturated rings. The Balaban J connectivity index is 1.63. The predicted molar refractivity (Wildman–Crippen MR) is 73.3 cm³/mol. The maximum absolute atomic E-state index is 5.63. The molecule has 0 aliphatic carbocycles. The molecule has 2 rings (SSSR count). The lowest BCUT2D eigenvalue weighted by Crippen LogP contribution is -2.03. The third-order valence-corrected chi connectivity index (χ3v) is 2.74. The molecule has 0 saturated heterocycles. The monoisotopic (exact) mass is 242 g/mol. The highest BCUT2D eigenvalue weighted by Gasteiger charge is 1.95. The Morgan fingerprint density at radius 1 is 0.944 bits per heavy atom. The van der Waals surface area contributed by atoms with Gasteiger partial charge in [0.1, 0.15) is 0 Å². The number of anilines is 1. The van der Waals surface area contributed by atoms with E-state index in [1.807, 2.05) is 48.7 Å². The van der Waals surface area contributed by atoms with Crippen LogP contribution in [0.5, 0.6) is 0 Å². The van der Waals surface area contributed by atoms with Gasteiger partial charge in [-0.15, -0.1) is 0 Å². The van der Waals surface area contributed by atoms with Gasteiger partial charge in [-0.25, -0.2) is 0 Å². The van der Waals surface area contributed by atoms with Gasteiger partial charge in [-0.3, -0.25) is 4.98 Å². The molecule has 18 heavy (non-hydrogen) atoms. The quantitative estimate of drug-likeness (QED) is 0.625. The van der Waals surface area contributed by atoms with Crippen LogP contribution in [0.3, 0.4) is 0 Å². The minimum absolute atomic E-state index is 0.714. The molecule has 0 unspecified atom stereocenters. The van der Waals surface area contributed by atoms with Gasteiger partial charge in [-0.2, -0.15) is 0 Å². The van der Waals surface area contributed by atoms with Gasteiger partial charge in [0.25, 0.3) is 0 Å². The van der Waals surface area contributed by atoms with Crippen LogP contribution in [0.4, 0.5) is 5.69 Å². The molecule has 94 valence electrons. The fourth-order valence-electron chi connectivity index (χ4n) is 1.70. The second-order valence-electron chi connectivity index (χ2n) is 4.18. The molecule has 1 heterocycles. The number of pyridine rings is 1. The summed E-state index contributed by atoms with van der Waals surface area (Å²) in [6.07, 6.45) is 3.59. The van der Waals surface area contributed by atoms with E-state index in [1.54, 1.807) is 0 Å². The van der Waals surface area contributed by atoms with Gasteiger partial charge < -0.3 is 10.5 Å². The summed E-state index contributed by atoms with van der Waals surface area (Å²) in [5.41, 5.74) is 8.76. The summed E-state index contributed by atoms with van der Waals surface area (Å²) in [7, 11) is 0. The van der Waals surface area contributed by atoms with Crippen molar-refractivity contribution < 1.29 is 4.74 Å². The second kappa shape index (κ2) is 6.77. The van der Waals surface area contributed by atoms with Crippen molar-refractivity contribution >= 4 is 5.69 Å². The summed E-state index contributed by atoms with van der Waals surface area (Å²) in [5.74, 6) is 0. The first kappa shape index (κ1) is 12.6. The molecule has 0 amide bonds. The van der Waals surface area contributed by atoms with Crippen molar-refractivity contribution in [2.24, 2.45) is 0 Å². The molecule has 1 aromatic heterocycles. The largest absolute Gasteiger partial charge is 0.399 e. The van der Waals surface area contributed by atoms with E-state index in [1.165, 1.54) is 5.56 Å². The lowest BCUT2D eigenvalue weighted by Gasteiger charge is -2.04. The minimum Gasteiger partial charge on any atom is -0.399 e. The summed E-state index contributed by atoms with van der Waals surface area (Å²) < 4.78 is 5.60. The van der Waals surface area contributed by atoms with Gasteiger partial charge in [0.15, 0.2) is 0 Å². The van der Waals surface area contributed by atoms with Crippen LogP contribution >= 0.6 is 0 Å². The van der Waals surface area contributed by atoms with Gasteiger partial charge in [0.2, 0.25) is 0 Å². The van der Waals surface area contributed by atoms with E-state index in [2.05, 4.69) is 4.98 Å². The molecular formula is C15H18N2O. The van der Waals surface area contributed by atoms with Crippen molar-refractivity contribution in [2.45, 2.75) is 12.8 Å². The van der Waals surface area contributed by atoms with Crippen molar-refractivity contribution in [3.8, 4) is 0 Å². The topological polar surface area (TPSA) is 48.1 Å². The Hall–Kier alpha value is -1.87. The van der Waals surface area contributed by atoms with Crippen LogP contribution in [0.15, 0.2) is 48.7 Å². The zero-order valence-electron chi connectivity index (χ0n) is 10.4. The summed E-state index contributed by atoms with van der Waals surface area (Å²) in [4.78, 5) is 4.25. The van der Waals surface area contributed by atoms with Crippen molar-refractivity contribution in [1.82, 2.24) is 4.98 Å². The zero-order chi connectivity index (χ0) is 12.6. The van der Waals surface area contributed by atoms with Gasteiger partial charge in [0.05, 0.1) is 13.2 Å². The number of hydrogen-bond donors (Lipinski definition) is 1. The van der Waals surface area contributed by atoms with E-state index in [-0.39, 0.29) is 0 Å². The maximum Gasteiger partial charge on any atom is 0.0521 e. The average molecular weight is 242 g/mol. The van der Waals surface area contributed by atoms with Crippen molar-refractivity contribution in [3.63, 3.8) is 0 Å². The van der Waals surface area contributed by atoms with E-state index >= 15 is 0 Å². The number of nitrogen functional groups attached to an aromatic ring is 1. The first-order valence-corrected chi connectivity index (χ1v) is 6.16. The molecule has 0 atom stereocenters. The summed E-state index contributed by atoms with van der Waals surface area (Å²) >= 11 is 0. The highest BCUT2D eigenvalue weighted by Crippen LogP contribution is 2.06. The van der Waals surface area contributed by atoms with Crippen LogP contribution in [0.2, 0.25) is 0 Å². The maximum atomic E-state index is 5.63. The van der Waals surface area contributed by atoms with Gasteiger partial charge in [-0.1, -0.05) is 18.2 Å². The molecule has 0 bridgehead atoms. The molecule has 0 radical (unpaired) electrons. The van der Waals surface area contributed by atoms with Crippen molar-refractivity contribution in [3.05, 3.63) is 59.9 Å². The van der Waals surface area contributed by atoms with Crippen LogP contribution in [-0.4, -0.2) is 18.2 Å². The second-order valence-corrected chi connectivity index (χ2v) is 4.18. The zero-order valence-corrected chi connectivity index (χ0v) is 10.4. The van der Waals surface area contributed by atoms with Crippen LogP contribution in [0.1, 0.15) is 11.3 Å². The third kappa shape index (κ3) is 4.18.